The van der Waals surface area contributed by atoms with Crippen molar-refractivity contribution in [2.75, 3.05) is 6.61 Å². The molecule has 1 aromatic rings. The van der Waals surface area contributed by atoms with Crippen LogP contribution in [0.3, 0.4) is 0 Å². The molecule has 1 atom stereocenters. The summed E-state index contributed by atoms with van der Waals surface area (Å²) in [6.07, 6.45) is 3.31. The molecule has 3 heteroatoms. The van der Waals surface area contributed by atoms with Gasteiger partial charge in [0, 0.05) is 23.8 Å². The molecule has 2 aliphatic rings. The summed E-state index contributed by atoms with van der Waals surface area (Å²) in [5.41, 5.74) is 4.05. The van der Waals surface area contributed by atoms with E-state index in [0.29, 0.717) is 13.0 Å². The van der Waals surface area contributed by atoms with E-state index in [1.807, 2.05) is 12.1 Å². The van der Waals surface area contributed by atoms with E-state index in [0.717, 1.165) is 23.3 Å². The molecular formula is C16H19NO2. The molecule has 0 spiro atoms. The normalized spacial score (nSPS) is 23.1. The van der Waals surface area contributed by atoms with Gasteiger partial charge in [0.25, 0.3) is 0 Å². The van der Waals surface area contributed by atoms with Crippen LogP contribution < -0.4 is 0 Å². The van der Waals surface area contributed by atoms with Gasteiger partial charge in [0.1, 0.15) is 0 Å². The second kappa shape index (κ2) is 4.27. The molecule has 0 radical (unpaired) electrons. The number of fused-ring (bicyclic) bond motifs is 2. The van der Waals surface area contributed by atoms with Crippen LogP contribution in [0.4, 0.5) is 0 Å². The number of nitrogens with zero attached hydrogens (tertiary/aromatic N) is 1. The number of aromatic nitrogens is 1. The first kappa shape index (κ1) is 12.5. The summed E-state index contributed by atoms with van der Waals surface area (Å²) in [6.45, 7) is 7.12. The Morgan fingerprint density at radius 1 is 1.37 bits per heavy atom. The van der Waals surface area contributed by atoms with Crippen LogP contribution in [0.1, 0.15) is 49.7 Å². The summed E-state index contributed by atoms with van der Waals surface area (Å²) >= 11 is 0. The van der Waals surface area contributed by atoms with Gasteiger partial charge in [-0.15, -0.1) is 0 Å². The number of ether oxygens (including phenoxy) is 1. The van der Waals surface area contributed by atoms with Gasteiger partial charge in [0.05, 0.1) is 18.4 Å². The van der Waals surface area contributed by atoms with E-state index >= 15 is 0 Å². The molecule has 0 saturated heterocycles. The second-order valence-corrected chi connectivity index (χ2v) is 6.45. The van der Waals surface area contributed by atoms with Crippen LogP contribution in [0.25, 0.3) is 5.57 Å². The zero-order chi connectivity index (χ0) is 13.6. The van der Waals surface area contributed by atoms with Gasteiger partial charge in [-0.25, -0.2) is 0 Å². The summed E-state index contributed by atoms with van der Waals surface area (Å²) < 4.78 is 5.99. The fourth-order valence-electron chi connectivity index (χ4n) is 2.82. The average molecular weight is 257 g/mol. The third kappa shape index (κ3) is 2.12. The van der Waals surface area contributed by atoms with Gasteiger partial charge in [-0.05, 0) is 24.0 Å². The topological polar surface area (TPSA) is 39.2 Å². The van der Waals surface area contributed by atoms with Crippen molar-refractivity contribution in [2.45, 2.75) is 39.7 Å². The van der Waals surface area contributed by atoms with Gasteiger partial charge in [0.2, 0.25) is 0 Å². The van der Waals surface area contributed by atoms with Crippen molar-refractivity contribution in [3.63, 3.8) is 0 Å². The van der Waals surface area contributed by atoms with Crippen molar-refractivity contribution >= 4 is 11.4 Å². The lowest BCUT2D eigenvalue weighted by Crippen LogP contribution is -2.35. The molecule has 1 aromatic heterocycles. The van der Waals surface area contributed by atoms with Gasteiger partial charge in [-0.3, -0.25) is 9.78 Å². The second-order valence-electron chi connectivity index (χ2n) is 6.45. The highest BCUT2D eigenvalue weighted by Gasteiger charge is 2.35. The number of hydrogen-bond donors (Lipinski definition) is 0. The van der Waals surface area contributed by atoms with Gasteiger partial charge in [0.15, 0.2) is 5.78 Å². The molecule has 0 saturated carbocycles. The van der Waals surface area contributed by atoms with Crippen molar-refractivity contribution in [3.8, 4) is 0 Å². The molecule has 0 aromatic carbocycles. The lowest BCUT2D eigenvalue weighted by atomic mass is 9.78. The maximum Gasteiger partial charge on any atom is 0.169 e. The maximum absolute atomic E-state index is 12.2. The lowest BCUT2D eigenvalue weighted by Gasteiger charge is -2.37. The average Bonchev–Trinajstić information content (AvgIpc) is 2.37. The Morgan fingerprint density at radius 3 is 2.89 bits per heavy atom. The molecule has 0 amide bonds. The molecule has 1 aliphatic carbocycles. The summed E-state index contributed by atoms with van der Waals surface area (Å²) in [5.74, 6) is 0.191. The molecule has 2 heterocycles. The number of carbonyl (C=O) groups excluding carboxylic acids is 1. The first-order valence-electron chi connectivity index (χ1n) is 6.78. The standard InChI is InChI=1S/C16H19NO2/c1-16(2,3)14-8-10-7-13(18)11-5-4-6-17-15(11)12(10)9-19-14/h4-6,14H,7-9H2,1-3H3. The van der Waals surface area contributed by atoms with Crippen LogP contribution in [0.5, 0.6) is 0 Å². The van der Waals surface area contributed by atoms with E-state index in [9.17, 15) is 4.79 Å². The van der Waals surface area contributed by atoms with Crippen molar-refractivity contribution in [3.05, 3.63) is 35.2 Å². The van der Waals surface area contributed by atoms with Crippen LogP contribution in [-0.2, 0) is 4.74 Å². The Morgan fingerprint density at radius 2 is 2.16 bits per heavy atom. The third-order valence-corrected chi connectivity index (χ3v) is 4.02. The summed E-state index contributed by atoms with van der Waals surface area (Å²) in [4.78, 5) is 16.6. The number of Topliss-reactive ketones (excluding diaryl/α,β-unsaturated/α-hetero) is 1. The summed E-state index contributed by atoms with van der Waals surface area (Å²) in [6, 6.07) is 3.69. The minimum Gasteiger partial charge on any atom is -0.373 e. The van der Waals surface area contributed by atoms with Crippen LogP contribution in [0, 0.1) is 5.41 Å². The van der Waals surface area contributed by atoms with E-state index in [4.69, 9.17) is 4.74 Å². The summed E-state index contributed by atoms with van der Waals surface area (Å²) in [5, 5.41) is 0. The quantitative estimate of drug-likeness (QED) is 0.716. The first-order valence-corrected chi connectivity index (χ1v) is 6.78. The molecular weight excluding hydrogens is 238 g/mol. The van der Waals surface area contributed by atoms with Crippen molar-refractivity contribution < 1.29 is 9.53 Å². The van der Waals surface area contributed by atoms with Crippen LogP contribution >= 0.6 is 0 Å². The van der Waals surface area contributed by atoms with Crippen molar-refractivity contribution in [2.24, 2.45) is 5.41 Å². The Hall–Kier alpha value is -1.48. The number of ketones is 1. The Labute approximate surface area is 113 Å². The highest BCUT2D eigenvalue weighted by atomic mass is 16.5. The van der Waals surface area contributed by atoms with Crippen LogP contribution in [0.2, 0.25) is 0 Å². The van der Waals surface area contributed by atoms with Gasteiger partial charge < -0.3 is 4.74 Å². The monoisotopic (exact) mass is 257 g/mol. The highest BCUT2D eigenvalue weighted by molar-refractivity contribution is 6.05. The number of pyridine rings is 1. The number of rotatable bonds is 0. The minimum absolute atomic E-state index is 0.103. The largest absolute Gasteiger partial charge is 0.373 e. The van der Waals surface area contributed by atoms with E-state index in [1.165, 1.54) is 5.57 Å². The van der Waals surface area contributed by atoms with E-state index in [2.05, 4.69) is 25.8 Å². The lowest BCUT2D eigenvalue weighted by molar-refractivity contribution is -0.00759. The molecule has 1 unspecified atom stereocenters. The molecule has 100 valence electrons. The minimum atomic E-state index is 0.103. The van der Waals surface area contributed by atoms with Crippen molar-refractivity contribution in [1.29, 1.82) is 0 Å². The van der Waals surface area contributed by atoms with Gasteiger partial charge >= 0.3 is 0 Å². The highest BCUT2D eigenvalue weighted by Crippen LogP contribution is 2.40. The van der Waals surface area contributed by atoms with Gasteiger partial charge in [-0.1, -0.05) is 26.3 Å². The molecule has 3 nitrogen and oxygen atoms in total. The van der Waals surface area contributed by atoms with Crippen molar-refractivity contribution in [1.82, 2.24) is 4.98 Å². The zero-order valence-electron chi connectivity index (χ0n) is 11.7. The smallest absolute Gasteiger partial charge is 0.169 e. The van der Waals surface area contributed by atoms with Crippen LogP contribution in [0.15, 0.2) is 23.9 Å². The Balaban J connectivity index is 2.01. The third-order valence-electron chi connectivity index (χ3n) is 4.02. The number of hydrogen-bond acceptors (Lipinski definition) is 3. The van der Waals surface area contributed by atoms with E-state index in [-0.39, 0.29) is 17.3 Å². The maximum atomic E-state index is 12.2. The van der Waals surface area contributed by atoms with Crippen LogP contribution in [-0.4, -0.2) is 23.5 Å². The zero-order valence-corrected chi connectivity index (χ0v) is 11.7. The first-order chi connectivity index (χ1) is 8.97. The van der Waals surface area contributed by atoms with E-state index < -0.39 is 0 Å². The molecule has 0 bridgehead atoms. The summed E-state index contributed by atoms with van der Waals surface area (Å²) in [7, 11) is 0. The number of carbonyl (C=O) groups is 1. The molecule has 19 heavy (non-hydrogen) atoms. The van der Waals surface area contributed by atoms with E-state index in [1.54, 1.807) is 6.20 Å². The predicted molar refractivity (Wildman–Crippen MR) is 73.9 cm³/mol. The fourth-order valence-corrected chi connectivity index (χ4v) is 2.82. The fraction of sp³-hybridized carbons (Fsp3) is 0.500. The molecule has 1 aliphatic heterocycles. The molecule has 0 fully saturated rings. The molecule has 3 rings (SSSR count). The SMILES string of the molecule is CC(C)(C)C1CC2=C(CO1)c1ncccc1C(=O)C2. The van der Waals surface area contributed by atoms with Gasteiger partial charge in [-0.2, -0.15) is 0 Å². The Kier molecular flexibility index (Phi) is 2.82. The molecule has 0 N–H and O–H groups in total. The Bertz CT molecular complexity index is 566. The predicted octanol–water partition coefficient (Wildman–Crippen LogP) is 3.26.